The molecule has 148 valence electrons. The predicted molar refractivity (Wildman–Crippen MR) is 102 cm³/mol. The van der Waals surface area contributed by atoms with Gasteiger partial charge in [0.05, 0.1) is 18.8 Å². The van der Waals surface area contributed by atoms with Crippen molar-refractivity contribution in [2.24, 2.45) is 0 Å². The second-order valence-electron chi connectivity index (χ2n) is 7.42. The second-order valence-corrected chi connectivity index (χ2v) is 7.42. The molecule has 2 saturated heterocycles. The molecular weight excluding hydrogens is 372 g/mol. The molecule has 4 heterocycles. The summed E-state index contributed by atoms with van der Waals surface area (Å²) in [4.78, 5) is 27.9. The SMILES string of the molecule is O=C1CCCN1Cc1cn(C2CN(C(=O)c3cc(-c4ccccc4)on3)C2)nn1. The Kier molecular flexibility index (Phi) is 4.34. The molecule has 0 N–H and O–H groups in total. The van der Waals surface area contributed by atoms with E-state index < -0.39 is 0 Å². The normalized spacial score (nSPS) is 17.0. The average Bonchev–Trinajstić information content (AvgIpc) is 3.44. The van der Waals surface area contributed by atoms with Crippen LogP contribution in [0.1, 0.15) is 35.1 Å². The minimum absolute atomic E-state index is 0.0787. The van der Waals surface area contributed by atoms with Crippen molar-refractivity contribution in [3.05, 3.63) is 54.0 Å². The van der Waals surface area contributed by atoms with E-state index in [2.05, 4.69) is 15.5 Å². The van der Waals surface area contributed by atoms with Crippen LogP contribution in [0.25, 0.3) is 11.3 Å². The topological polar surface area (TPSA) is 97.4 Å². The number of hydrogen-bond donors (Lipinski definition) is 0. The van der Waals surface area contributed by atoms with Gasteiger partial charge in [-0.2, -0.15) is 0 Å². The van der Waals surface area contributed by atoms with Crippen LogP contribution in [-0.2, 0) is 11.3 Å². The summed E-state index contributed by atoms with van der Waals surface area (Å²) in [5.41, 5.74) is 1.95. The number of nitrogens with zero attached hydrogens (tertiary/aromatic N) is 6. The number of carbonyl (C=O) groups excluding carboxylic acids is 2. The largest absolute Gasteiger partial charge is 0.355 e. The molecule has 0 aliphatic carbocycles. The van der Waals surface area contributed by atoms with Crippen LogP contribution >= 0.6 is 0 Å². The third-order valence-corrected chi connectivity index (χ3v) is 5.39. The summed E-state index contributed by atoms with van der Waals surface area (Å²) in [5, 5.41) is 12.3. The first kappa shape index (κ1) is 17.6. The number of amides is 2. The van der Waals surface area contributed by atoms with Gasteiger partial charge in [0.2, 0.25) is 5.91 Å². The Labute approximate surface area is 166 Å². The molecular formula is C20H20N6O3. The van der Waals surface area contributed by atoms with E-state index in [-0.39, 0.29) is 17.9 Å². The van der Waals surface area contributed by atoms with Crippen LogP contribution in [0.15, 0.2) is 47.1 Å². The molecule has 9 nitrogen and oxygen atoms in total. The summed E-state index contributed by atoms with van der Waals surface area (Å²) >= 11 is 0. The highest BCUT2D eigenvalue weighted by Gasteiger charge is 2.35. The first-order valence-corrected chi connectivity index (χ1v) is 9.67. The van der Waals surface area contributed by atoms with Crippen molar-refractivity contribution < 1.29 is 14.1 Å². The van der Waals surface area contributed by atoms with E-state index in [1.165, 1.54) is 0 Å². The van der Waals surface area contributed by atoms with Crippen molar-refractivity contribution in [3.8, 4) is 11.3 Å². The predicted octanol–water partition coefficient (Wildman–Crippen LogP) is 1.75. The average molecular weight is 392 g/mol. The third-order valence-electron chi connectivity index (χ3n) is 5.39. The van der Waals surface area contributed by atoms with Crippen molar-refractivity contribution >= 4 is 11.8 Å². The minimum Gasteiger partial charge on any atom is -0.355 e. The number of aromatic nitrogens is 4. The summed E-state index contributed by atoms with van der Waals surface area (Å²) in [6, 6.07) is 11.3. The van der Waals surface area contributed by atoms with E-state index in [0.29, 0.717) is 37.5 Å². The Morgan fingerprint density at radius 2 is 2.03 bits per heavy atom. The van der Waals surface area contributed by atoms with E-state index in [1.807, 2.05) is 36.5 Å². The Hall–Kier alpha value is -3.49. The van der Waals surface area contributed by atoms with Gasteiger partial charge in [-0.25, -0.2) is 4.68 Å². The molecule has 5 rings (SSSR count). The van der Waals surface area contributed by atoms with Gasteiger partial charge in [-0.15, -0.1) is 5.10 Å². The lowest BCUT2D eigenvalue weighted by atomic mass is 10.1. The lowest BCUT2D eigenvalue weighted by molar-refractivity contribution is -0.128. The van der Waals surface area contributed by atoms with Crippen molar-refractivity contribution in [3.63, 3.8) is 0 Å². The number of hydrogen-bond acceptors (Lipinski definition) is 6. The van der Waals surface area contributed by atoms with E-state index in [0.717, 1.165) is 24.2 Å². The smallest absolute Gasteiger partial charge is 0.276 e. The van der Waals surface area contributed by atoms with Gasteiger partial charge in [-0.05, 0) is 6.42 Å². The molecule has 0 atom stereocenters. The monoisotopic (exact) mass is 392 g/mol. The van der Waals surface area contributed by atoms with Gasteiger partial charge in [0.15, 0.2) is 11.5 Å². The van der Waals surface area contributed by atoms with Crippen LogP contribution < -0.4 is 0 Å². The van der Waals surface area contributed by atoms with Crippen LogP contribution in [-0.4, -0.2) is 61.4 Å². The van der Waals surface area contributed by atoms with Gasteiger partial charge in [0.25, 0.3) is 5.91 Å². The summed E-state index contributed by atoms with van der Waals surface area (Å²) in [5.74, 6) is 0.584. The van der Waals surface area contributed by atoms with Crippen molar-refractivity contribution in [2.75, 3.05) is 19.6 Å². The minimum atomic E-state index is -0.157. The molecule has 3 aromatic rings. The van der Waals surface area contributed by atoms with Crippen LogP contribution in [0, 0.1) is 0 Å². The fraction of sp³-hybridized carbons (Fsp3) is 0.350. The lowest BCUT2D eigenvalue weighted by Crippen LogP contribution is -2.51. The highest BCUT2D eigenvalue weighted by atomic mass is 16.5. The lowest BCUT2D eigenvalue weighted by Gasteiger charge is -2.38. The quantitative estimate of drug-likeness (QED) is 0.656. The molecule has 2 aliphatic rings. The van der Waals surface area contributed by atoms with E-state index in [4.69, 9.17) is 4.52 Å². The maximum absolute atomic E-state index is 12.6. The molecule has 0 saturated carbocycles. The van der Waals surface area contributed by atoms with E-state index in [1.54, 1.807) is 20.5 Å². The first-order valence-electron chi connectivity index (χ1n) is 9.67. The Balaban J connectivity index is 1.19. The second kappa shape index (κ2) is 7.16. The summed E-state index contributed by atoms with van der Waals surface area (Å²) in [7, 11) is 0. The van der Waals surface area contributed by atoms with Crippen molar-refractivity contribution in [2.45, 2.75) is 25.4 Å². The molecule has 29 heavy (non-hydrogen) atoms. The molecule has 0 bridgehead atoms. The van der Waals surface area contributed by atoms with E-state index in [9.17, 15) is 9.59 Å². The molecule has 1 aromatic carbocycles. The third kappa shape index (κ3) is 3.39. The fourth-order valence-electron chi connectivity index (χ4n) is 3.70. The maximum Gasteiger partial charge on any atom is 0.276 e. The first-order chi connectivity index (χ1) is 14.2. The molecule has 0 spiro atoms. The van der Waals surface area contributed by atoms with Gasteiger partial charge in [0, 0.05) is 37.7 Å². The van der Waals surface area contributed by atoms with Crippen molar-refractivity contribution in [1.82, 2.24) is 30.0 Å². The summed E-state index contributed by atoms with van der Waals surface area (Å²) in [6.45, 7) is 2.35. The van der Waals surface area contributed by atoms with Crippen LogP contribution in [0.5, 0.6) is 0 Å². The van der Waals surface area contributed by atoms with Gasteiger partial charge in [-0.1, -0.05) is 40.7 Å². The van der Waals surface area contributed by atoms with E-state index >= 15 is 0 Å². The Morgan fingerprint density at radius 3 is 2.79 bits per heavy atom. The summed E-state index contributed by atoms with van der Waals surface area (Å²) in [6.07, 6.45) is 3.38. The number of carbonyl (C=O) groups is 2. The molecule has 9 heteroatoms. The van der Waals surface area contributed by atoms with Crippen LogP contribution in [0.3, 0.4) is 0 Å². The molecule has 2 fully saturated rings. The van der Waals surface area contributed by atoms with Crippen LogP contribution in [0.4, 0.5) is 0 Å². The van der Waals surface area contributed by atoms with Crippen molar-refractivity contribution in [1.29, 1.82) is 0 Å². The van der Waals surface area contributed by atoms with Crippen LogP contribution in [0.2, 0.25) is 0 Å². The zero-order chi connectivity index (χ0) is 19.8. The fourth-order valence-corrected chi connectivity index (χ4v) is 3.70. The van der Waals surface area contributed by atoms with Gasteiger partial charge < -0.3 is 14.3 Å². The summed E-state index contributed by atoms with van der Waals surface area (Å²) < 4.78 is 7.10. The molecule has 0 unspecified atom stereocenters. The molecule has 2 aromatic heterocycles. The zero-order valence-corrected chi connectivity index (χ0v) is 15.8. The van der Waals surface area contributed by atoms with Gasteiger partial charge in [0.1, 0.15) is 5.69 Å². The molecule has 2 aliphatic heterocycles. The highest BCUT2D eigenvalue weighted by Crippen LogP contribution is 2.25. The Bertz CT molecular complexity index is 1040. The Morgan fingerprint density at radius 1 is 1.21 bits per heavy atom. The number of rotatable bonds is 5. The molecule has 0 radical (unpaired) electrons. The zero-order valence-electron chi connectivity index (χ0n) is 15.8. The maximum atomic E-state index is 12.6. The number of likely N-dealkylation sites (tertiary alicyclic amines) is 2. The van der Waals surface area contributed by atoms with Gasteiger partial charge >= 0.3 is 0 Å². The molecule has 2 amide bonds. The standard InChI is InChI=1S/C20H20N6O3/c27-19-7-4-8-24(19)10-15-11-26(23-21-15)16-12-25(13-16)20(28)17-9-18(29-22-17)14-5-2-1-3-6-14/h1-3,5-6,9,11,16H,4,7-8,10,12-13H2. The number of benzene rings is 1. The highest BCUT2D eigenvalue weighted by molar-refractivity contribution is 5.93. The van der Waals surface area contributed by atoms with Gasteiger partial charge in [-0.3, -0.25) is 9.59 Å².